The van der Waals surface area contributed by atoms with E-state index < -0.39 is 18.0 Å². The molecule has 0 aliphatic carbocycles. The molecule has 1 aromatic heterocycles. The van der Waals surface area contributed by atoms with Gasteiger partial charge >= 0.3 is 0 Å². The Bertz CT molecular complexity index is 678. The lowest BCUT2D eigenvalue weighted by atomic mass is 10.0. The van der Waals surface area contributed by atoms with E-state index in [0.717, 1.165) is 16.5 Å². The van der Waals surface area contributed by atoms with Crippen LogP contribution in [0.4, 0.5) is 0 Å². The SMILES string of the molecule is CC(C)[C@@H](NC(=O)[C@H](N)Cc1c[nH]c2ccccc12)C(N)=O. The van der Waals surface area contributed by atoms with Gasteiger partial charge in [-0.25, -0.2) is 0 Å². The molecule has 0 aliphatic heterocycles. The number of H-pyrrole nitrogens is 1. The van der Waals surface area contributed by atoms with Gasteiger partial charge in [0.25, 0.3) is 0 Å². The van der Waals surface area contributed by atoms with Crippen LogP contribution in [0.15, 0.2) is 30.5 Å². The number of benzene rings is 1. The molecule has 2 rings (SSSR count). The van der Waals surface area contributed by atoms with Gasteiger partial charge in [0.05, 0.1) is 6.04 Å². The Morgan fingerprint density at radius 1 is 1.27 bits per heavy atom. The summed E-state index contributed by atoms with van der Waals surface area (Å²) >= 11 is 0. The number of nitrogens with one attached hydrogen (secondary N) is 2. The molecule has 2 aromatic rings. The molecule has 0 saturated heterocycles. The molecule has 118 valence electrons. The van der Waals surface area contributed by atoms with Crippen molar-refractivity contribution in [2.75, 3.05) is 0 Å². The summed E-state index contributed by atoms with van der Waals surface area (Å²) in [4.78, 5) is 26.7. The summed E-state index contributed by atoms with van der Waals surface area (Å²) in [6, 6.07) is 6.38. The number of para-hydroxylation sites is 1. The summed E-state index contributed by atoms with van der Waals surface area (Å²) in [7, 11) is 0. The second-order valence-electron chi connectivity index (χ2n) is 5.80. The average Bonchev–Trinajstić information content (AvgIpc) is 2.87. The van der Waals surface area contributed by atoms with Crippen LogP contribution >= 0.6 is 0 Å². The van der Waals surface area contributed by atoms with Gasteiger partial charge in [0.1, 0.15) is 6.04 Å². The highest BCUT2D eigenvalue weighted by Gasteiger charge is 2.25. The van der Waals surface area contributed by atoms with Crippen molar-refractivity contribution < 1.29 is 9.59 Å². The van der Waals surface area contributed by atoms with Crippen LogP contribution in [-0.4, -0.2) is 28.9 Å². The zero-order chi connectivity index (χ0) is 16.3. The fourth-order valence-corrected chi connectivity index (χ4v) is 2.46. The predicted molar refractivity (Wildman–Crippen MR) is 85.9 cm³/mol. The molecule has 1 heterocycles. The lowest BCUT2D eigenvalue weighted by molar-refractivity contribution is -0.129. The number of carbonyl (C=O) groups is 2. The second-order valence-corrected chi connectivity index (χ2v) is 5.80. The normalized spacial score (nSPS) is 14.0. The highest BCUT2D eigenvalue weighted by Crippen LogP contribution is 2.18. The fourth-order valence-electron chi connectivity index (χ4n) is 2.46. The van der Waals surface area contributed by atoms with Crippen LogP contribution in [0.25, 0.3) is 10.9 Å². The number of primary amides is 1. The van der Waals surface area contributed by atoms with Crippen molar-refractivity contribution in [3.8, 4) is 0 Å². The minimum absolute atomic E-state index is 0.0817. The van der Waals surface area contributed by atoms with Gasteiger partial charge in [0.15, 0.2) is 0 Å². The first-order valence-corrected chi connectivity index (χ1v) is 7.30. The number of aromatic amines is 1. The summed E-state index contributed by atoms with van der Waals surface area (Å²) in [5, 5.41) is 3.67. The summed E-state index contributed by atoms with van der Waals surface area (Å²) in [6.07, 6.45) is 2.24. The maximum atomic E-state index is 12.2. The number of fused-ring (bicyclic) bond motifs is 1. The molecule has 0 aliphatic rings. The van der Waals surface area contributed by atoms with E-state index in [0.29, 0.717) is 6.42 Å². The molecule has 2 atom stereocenters. The van der Waals surface area contributed by atoms with Crippen LogP contribution in [0.2, 0.25) is 0 Å². The first kappa shape index (κ1) is 16.0. The lowest BCUT2D eigenvalue weighted by Crippen LogP contribution is -2.53. The molecule has 1 aromatic carbocycles. The largest absolute Gasteiger partial charge is 0.368 e. The highest BCUT2D eigenvalue weighted by atomic mass is 16.2. The Labute approximate surface area is 129 Å². The molecule has 0 fully saturated rings. The van der Waals surface area contributed by atoms with Gasteiger partial charge in [-0.2, -0.15) is 0 Å². The Hall–Kier alpha value is -2.34. The van der Waals surface area contributed by atoms with E-state index in [9.17, 15) is 9.59 Å². The molecule has 2 amide bonds. The van der Waals surface area contributed by atoms with Gasteiger partial charge in [-0.3, -0.25) is 9.59 Å². The van der Waals surface area contributed by atoms with Crippen LogP contribution in [0.1, 0.15) is 19.4 Å². The van der Waals surface area contributed by atoms with Crippen LogP contribution in [-0.2, 0) is 16.0 Å². The number of amides is 2. The third kappa shape index (κ3) is 3.46. The van der Waals surface area contributed by atoms with Crippen LogP contribution in [0.3, 0.4) is 0 Å². The van der Waals surface area contributed by atoms with Gasteiger partial charge < -0.3 is 21.8 Å². The zero-order valence-corrected chi connectivity index (χ0v) is 12.8. The summed E-state index contributed by atoms with van der Waals surface area (Å²) in [6.45, 7) is 3.64. The number of carbonyl (C=O) groups excluding carboxylic acids is 2. The Kier molecular flexibility index (Phi) is 4.82. The van der Waals surface area contributed by atoms with E-state index >= 15 is 0 Å². The third-order valence-corrected chi connectivity index (χ3v) is 3.72. The number of rotatable bonds is 6. The number of hydrogen-bond acceptors (Lipinski definition) is 3. The molecular weight excluding hydrogens is 280 g/mol. The molecule has 0 radical (unpaired) electrons. The van der Waals surface area contributed by atoms with Crippen LogP contribution < -0.4 is 16.8 Å². The lowest BCUT2D eigenvalue weighted by Gasteiger charge is -2.21. The Morgan fingerprint density at radius 3 is 2.59 bits per heavy atom. The molecule has 6 N–H and O–H groups in total. The summed E-state index contributed by atoms with van der Waals surface area (Å²) in [5.41, 5.74) is 13.2. The monoisotopic (exact) mass is 302 g/mol. The quantitative estimate of drug-likeness (QED) is 0.628. The first-order valence-electron chi connectivity index (χ1n) is 7.30. The summed E-state index contributed by atoms with van der Waals surface area (Å²) in [5.74, 6) is -1.01. The molecule has 22 heavy (non-hydrogen) atoms. The van der Waals surface area contributed by atoms with Crippen LogP contribution in [0.5, 0.6) is 0 Å². The zero-order valence-electron chi connectivity index (χ0n) is 12.8. The Morgan fingerprint density at radius 2 is 1.95 bits per heavy atom. The van der Waals surface area contributed by atoms with E-state index in [-0.39, 0.29) is 11.8 Å². The minimum Gasteiger partial charge on any atom is -0.368 e. The molecule has 6 heteroatoms. The maximum Gasteiger partial charge on any atom is 0.240 e. The Balaban J connectivity index is 2.06. The molecular formula is C16H22N4O2. The fraction of sp³-hybridized carbons (Fsp3) is 0.375. The van der Waals surface area contributed by atoms with Gasteiger partial charge in [-0.1, -0.05) is 32.0 Å². The van der Waals surface area contributed by atoms with Crippen LogP contribution in [0, 0.1) is 5.92 Å². The van der Waals surface area contributed by atoms with Crippen molar-refractivity contribution in [2.24, 2.45) is 17.4 Å². The smallest absolute Gasteiger partial charge is 0.240 e. The number of hydrogen-bond donors (Lipinski definition) is 4. The van der Waals surface area contributed by atoms with E-state index in [2.05, 4.69) is 10.3 Å². The van der Waals surface area contributed by atoms with E-state index in [4.69, 9.17) is 11.5 Å². The van der Waals surface area contributed by atoms with Crippen molar-refractivity contribution in [3.63, 3.8) is 0 Å². The van der Waals surface area contributed by atoms with Gasteiger partial charge in [-0.05, 0) is 24.0 Å². The molecule has 0 saturated carbocycles. The molecule has 6 nitrogen and oxygen atoms in total. The standard InChI is InChI=1S/C16H22N4O2/c1-9(2)14(15(18)21)20-16(22)12(17)7-10-8-19-13-6-4-3-5-11(10)13/h3-6,8-9,12,14,19H,7,17H2,1-2H3,(H2,18,21)(H,20,22)/t12-,14-/m1/s1. The van der Waals surface area contributed by atoms with Crippen molar-refractivity contribution >= 4 is 22.7 Å². The van der Waals surface area contributed by atoms with Gasteiger partial charge in [-0.15, -0.1) is 0 Å². The third-order valence-electron chi connectivity index (χ3n) is 3.72. The van der Waals surface area contributed by atoms with Crippen molar-refractivity contribution in [3.05, 3.63) is 36.0 Å². The topological polar surface area (TPSA) is 114 Å². The second kappa shape index (κ2) is 6.62. The molecule has 0 unspecified atom stereocenters. The predicted octanol–water partition coefficient (Wildman–Crippen LogP) is 0.664. The maximum absolute atomic E-state index is 12.2. The van der Waals surface area contributed by atoms with E-state index in [1.165, 1.54) is 0 Å². The first-order chi connectivity index (χ1) is 10.4. The van der Waals surface area contributed by atoms with E-state index in [1.807, 2.05) is 44.3 Å². The van der Waals surface area contributed by atoms with Crippen molar-refractivity contribution in [1.82, 2.24) is 10.3 Å². The number of nitrogens with two attached hydrogens (primary N) is 2. The van der Waals surface area contributed by atoms with Gasteiger partial charge in [0.2, 0.25) is 11.8 Å². The van der Waals surface area contributed by atoms with Crippen molar-refractivity contribution in [1.29, 1.82) is 0 Å². The van der Waals surface area contributed by atoms with Crippen molar-refractivity contribution in [2.45, 2.75) is 32.4 Å². The highest BCUT2D eigenvalue weighted by molar-refractivity contribution is 5.90. The van der Waals surface area contributed by atoms with E-state index in [1.54, 1.807) is 0 Å². The minimum atomic E-state index is -0.736. The number of aromatic nitrogens is 1. The average molecular weight is 302 g/mol. The molecule has 0 spiro atoms. The summed E-state index contributed by atoms with van der Waals surface area (Å²) < 4.78 is 0. The van der Waals surface area contributed by atoms with Gasteiger partial charge in [0, 0.05) is 17.1 Å². The molecule has 0 bridgehead atoms.